The van der Waals surface area contributed by atoms with Crippen molar-refractivity contribution in [3.8, 4) is 11.5 Å². The number of anilines is 1. The summed E-state index contributed by atoms with van der Waals surface area (Å²) in [5.41, 5.74) is 2.13. The molecule has 2 atom stereocenters. The van der Waals surface area contributed by atoms with Crippen molar-refractivity contribution in [3.05, 3.63) is 54.1 Å². The molecule has 0 fully saturated rings. The van der Waals surface area contributed by atoms with Gasteiger partial charge in [0, 0.05) is 17.8 Å². The fourth-order valence-electron chi connectivity index (χ4n) is 2.92. The van der Waals surface area contributed by atoms with E-state index in [0.29, 0.717) is 19.0 Å². The van der Waals surface area contributed by atoms with Gasteiger partial charge >= 0.3 is 0 Å². The first-order valence-electron chi connectivity index (χ1n) is 9.12. The second-order valence-corrected chi connectivity index (χ2v) is 6.66. The van der Waals surface area contributed by atoms with E-state index in [1.807, 2.05) is 50.2 Å². The van der Waals surface area contributed by atoms with Crippen LogP contribution in [-0.2, 0) is 11.2 Å². The zero-order valence-electron chi connectivity index (χ0n) is 15.3. The third-order valence-corrected chi connectivity index (χ3v) is 4.42. The van der Waals surface area contributed by atoms with Gasteiger partial charge in [-0.1, -0.05) is 30.3 Å². The summed E-state index contributed by atoms with van der Waals surface area (Å²) in [6.45, 7) is 5.01. The second kappa shape index (κ2) is 8.61. The van der Waals surface area contributed by atoms with Crippen LogP contribution in [0.4, 0.5) is 5.69 Å². The van der Waals surface area contributed by atoms with E-state index in [1.165, 1.54) is 5.56 Å². The number of amides is 1. The van der Waals surface area contributed by atoms with Crippen molar-refractivity contribution in [1.29, 1.82) is 0 Å². The first kappa shape index (κ1) is 18.1. The zero-order chi connectivity index (χ0) is 18.4. The monoisotopic (exact) mass is 354 g/mol. The Balaban J connectivity index is 1.48. The first-order valence-corrected chi connectivity index (χ1v) is 9.12. The van der Waals surface area contributed by atoms with Gasteiger partial charge in [0.05, 0.1) is 0 Å². The zero-order valence-corrected chi connectivity index (χ0v) is 15.3. The molecular weight excluding hydrogens is 328 g/mol. The molecule has 2 aromatic rings. The van der Waals surface area contributed by atoms with Crippen LogP contribution in [0.15, 0.2) is 48.5 Å². The fourth-order valence-corrected chi connectivity index (χ4v) is 2.92. The molecule has 1 aliphatic rings. The molecule has 5 nitrogen and oxygen atoms in total. The summed E-state index contributed by atoms with van der Waals surface area (Å²) in [6.07, 6.45) is 1.86. The Bertz CT molecular complexity index is 733. The summed E-state index contributed by atoms with van der Waals surface area (Å²) < 4.78 is 11.1. The highest BCUT2D eigenvalue weighted by Gasteiger charge is 2.17. The van der Waals surface area contributed by atoms with E-state index in [0.717, 1.165) is 24.3 Å². The number of nitrogens with one attached hydrogen (secondary N) is 2. The number of fused-ring (bicyclic) bond motifs is 1. The van der Waals surface area contributed by atoms with Crippen LogP contribution in [0.5, 0.6) is 11.5 Å². The van der Waals surface area contributed by atoms with Gasteiger partial charge in [-0.3, -0.25) is 4.79 Å². The van der Waals surface area contributed by atoms with Crippen molar-refractivity contribution in [2.75, 3.05) is 18.5 Å². The minimum Gasteiger partial charge on any atom is -0.486 e. The normalized spacial score (nSPS) is 15.0. The van der Waals surface area contributed by atoms with E-state index >= 15 is 0 Å². The molecule has 0 spiro atoms. The molecule has 1 heterocycles. The lowest BCUT2D eigenvalue weighted by Crippen LogP contribution is -2.42. The predicted molar refractivity (Wildman–Crippen MR) is 103 cm³/mol. The number of hydrogen-bond acceptors (Lipinski definition) is 4. The van der Waals surface area contributed by atoms with Crippen molar-refractivity contribution >= 4 is 11.6 Å². The van der Waals surface area contributed by atoms with E-state index in [-0.39, 0.29) is 18.0 Å². The largest absolute Gasteiger partial charge is 0.486 e. The third kappa shape index (κ3) is 4.91. The van der Waals surface area contributed by atoms with Gasteiger partial charge in [0.1, 0.15) is 19.3 Å². The van der Waals surface area contributed by atoms with E-state index in [4.69, 9.17) is 9.47 Å². The van der Waals surface area contributed by atoms with Crippen LogP contribution >= 0.6 is 0 Å². The van der Waals surface area contributed by atoms with Crippen LogP contribution in [-0.4, -0.2) is 31.2 Å². The number of carbonyl (C=O) groups excluding carboxylic acids is 1. The number of carbonyl (C=O) groups is 1. The van der Waals surface area contributed by atoms with Crippen LogP contribution < -0.4 is 20.1 Å². The summed E-state index contributed by atoms with van der Waals surface area (Å²) in [6, 6.07) is 15.7. The topological polar surface area (TPSA) is 59.6 Å². The average molecular weight is 354 g/mol. The minimum absolute atomic E-state index is 0.0135. The van der Waals surface area contributed by atoms with Crippen molar-refractivity contribution in [1.82, 2.24) is 5.32 Å². The van der Waals surface area contributed by atoms with Gasteiger partial charge in [0.2, 0.25) is 5.91 Å². The maximum Gasteiger partial charge on any atom is 0.242 e. The van der Waals surface area contributed by atoms with Gasteiger partial charge in [-0.05, 0) is 44.4 Å². The van der Waals surface area contributed by atoms with Gasteiger partial charge in [0.25, 0.3) is 0 Å². The highest BCUT2D eigenvalue weighted by Crippen LogP contribution is 2.32. The van der Waals surface area contributed by atoms with Gasteiger partial charge < -0.3 is 20.1 Å². The number of rotatable bonds is 7. The Morgan fingerprint density at radius 1 is 1.04 bits per heavy atom. The molecule has 0 saturated heterocycles. The number of ether oxygens (including phenoxy) is 2. The molecule has 138 valence electrons. The molecule has 2 aromatic carbocycles. The smallest absolute Gasteiger partial charge is 0.242 e. The lowest BCUT2D eigenvalue weighted by molar-refractivity contribution is -0.122. The Morgan fingerprint density at radius 2 is 1.77 bits per heavy atom. The highest BCUT2D eigenvalue weighted by molar-refractivity contribution is 5.84. The molecule has 0 radical (unpaired) electrons. The number of aryl methyl sites for hydroxylation is 1. The van der Waals surface area contributed by atoms with Gasteiger partial charge in [-0.15, -0.1) is 0 Å². The Labute approximate surface area is 154 Å². The average Bonchev–Trinajstić information content (AvgIpc) is 2.67. The molecule has 1 aliphatic heterocycles. The van der Waals surface area contributed by atoms with E-state index in [2.05, 4.69) is 22.8 Å². The van der Waals surface area contributed by atoms with Gasteiger partial charge in [0.15, 0.2) is 11.5 Å². The summed E-state index contributed by atoms with van der Waals surface area (Å²) in [4.78, 5) is 12.4. The Morgan fingerprint density at radius 3 is 2.54 bits per heavy atom. The van der Waals surface area contributed by atoms with Crippen molar-refractivity contribution < 1.29 is 14.3 Å². The van der Waals surface area contributed by atoms with Crippen LogP contribution in [0, 0.1) is 0 Å². The number of benzene rings is 2. The van der Waals surface area contributed by atoms with Gasteiger partial charge in [-0.2, -0.15) is 0 Å². The molecule has 0 aromatic heterocycles. The highest BCUT2D eigenvalue weighted by atomic mass is 16.6. The summed E-state index contributed by atoms with van der Waals surface area (Å²) >= 11 is 0. The molecule has 3 rings (SSSR count). The number of hydrogen-bond donors (Lipinski definition) is 2. The summed E-state index contributed by atoms with van der Waals surface area (Å²) in [5, 5.41) is 6.30. The van der Waals surface area contributed by atoms with Crippen LogP contribution in [0.1, 0.15) is 25.8 Å². The maximum absolute atomic E-state index is 12.4. The third-order valence-electron chi connectivity index (χ3n) is 4.42. The summed E-state index contributed by atoms with van der Waals surface area (Å²) in [5.74, 6) is 1.44. The molecule has 0 saturated carbocycles. The van der Waals surface area contributed by atoms with Crippen LogP contribution in [0.25, 0.3) is 0 Å². The van der Waals surface area contributed by atoms with Crippen LogP contribution in [0.2, 0.25) is 0 Å². The molecule has 0 aliphatic carbocycles. The maximum atomic E-state index is 12.4. The predicted octanol–water partition coefficient (Wildman–Crippen LogP) is 3.40. The summed E-state index contributed by atoms with van der Waals surface area (Å²) in [7, 11) is 0. The molecule has 26 heavy (non-hydrogen) atoms. The Hall–Kier alpha value is -2.69. The van der Waals surface area contributed by atoms with Crippen molar-refractivity contribution in [2.45, 2.75) is 38.8 Å². The lowest BCUT2D eigenvalue weighted by Gasteiger charge is -2.22. The quantitative estimate of drug-likeness (QED) is 0.800. The van der Waals surface area contributed by atoms with Crippen molar-refractivity contribution in [3.63, 3.8) is 0 Å². The molecule has 2 unspecified atom stereocenters. The standard InChI is InChI=1S/C21H26N2O3/c1-15(8-9-17-6-4-3-5-7-17)22-21(24)16(2)23-18-10-11-19-20(14-18)26-13-12-25-19/h3-7,10-11,14-16,23H,8-9,12-13H2,1-2H3,(H,22,24). The molecule has 0 bridgehead atoms. The van der Waals surface area contributed by atoms with E-state index in [9.17, 15) is 4.79 Å². The van der Waals surface area contributed by atoms with E-state index < -0.39 is 0 Å². The molecule has 1 amide bonds. The van der Waals surface area contributed by atoms with Crippen molar-refractivity contribution in [2.24, 2.45) is 0 Å². The Kier molecular flexibility index (Phi) is 6.00. The second-order valence-electron chi connectivity index (χ2n) is 6.66. The van der Waals surface area contributed by atoms with Gasteiger partial charge in [-0.25, -0.2) is 0 Å². The first-order chi connectivity index (χ1) is 12.6. The van der Waals surface area contributed by atoms with E-state index in [1.54, 1.807) is 0 Å². The molecule has 5 heteroatoms. The minimum atomic E-state index is -0.336. The SMILES string of the molecule is CC(CCc1ccccc1)NC(=O)C(C)Nc1ccc2c(c1)OCCO2. The fraction of sp³-hybridized carbons (Fsp3) is 0.381. The molecule has 2 N–H and O–H groups in total. The van der Waals surface area contributed by atoms with Crippen LogP contribution in [0.3, 0.4) is 0 Å². The lowest BCUT2D eigenvalue weighted by atomic mass is 10.1. The molecular formula is C21H26N2O3.